The number of rotatable bonds is 5. The minimum absolute atomic E-state index is 0.0488. The summed E-state index contributed by atoms with van der Waals surface area (Å²) in [6, 6.07) is 1.60. The Balaban J connectivity index is 2.77. The minimum atomic E-state index is -0.0488. The van der Waals surface area contributed by atoms with Crippen molar-refractivity contribution in [3.63, 3.8) is 0 Å². The molecule has 0 amide bonds. The molecule has 0 spiro atoms. The number of ether oxygens (including phenoxy) is 1. The summed E-state index contributed by atoms with van der Waals surface area (Å²) in [6.07, 6.45) is 1.56. The molecule has 5 heteroatoms. The van der Waals surface area contributed by atoms with Gasteiger partial charge in [0.25, 0.3) is 0 Å². The van der Waals surface area contributed by atoms with Crippen LogP contribution in [-0.4, -0.2) is 36.5 Å². The maximum atomic E-state index is 11.4. The first-order valence-electron chi connectivity index (χ1n) is 4.26. The summed E-state index contributed by atoms with van der Waals surface area (Å²) in [5.41, 5.74) is 0.418. The molecule has 0 atom stereocenters. The molecular weight excluding hydrogens is 182 g/mol. The molecule has 0 bridgehead atoms. The second-order valence-electron chi connectivity index (χ2n) is 2.74. The van der Waals surface area contributed by atoms with Crippen LogP contribution in [0.1, 0.15) is 16.3 Å². The van der Waals surface area contributed by atoms with Gasteiger partial charge in [-0.05, 0) is 13.1 Å². The lowest BCUT2D eigenvalue weighted by atomic mass is 10.2. The van der Waals surface area contributed by atoms with Crippen molar-refractivity contribution in [1.82, 2.24) is 15.3 Å². The standard InChI is InChI=1S/C9H13N3O2/c1-10-5-8(13)7-3-4-11-9(12-7)6-14-2/h3-4,10H,5-6H2,1-2H3. The predicted molar refractivity (Wildman–Crippen MR) is 51.0 cm³/mol. The van der Waals surface area contributed by atoms with Gasteiger partial charge in [-0.3, -0.25) is 4.79 Å². The number of nitrogens with zero attached hydrogens (tertiary/aromatic N) is 2. The van der Waals surface area contributed by atoms with Gasteiger partial charge in [-0.15, -0.1) is 0 Å². The fraction of sp³-hybridized carbons (Fsp3) is 0.444. The molecule has 0 fully saturated rings. The Morgan fingerprint density at radius 2 is 2.43 bits per heavy atom. The van der Waals surface area contributed by atoms with Crippen molar-refractivity contribution in [3.8, 4) is 0 Å². The monoisotopic (exact) mass is 195 g/mol. The molecule has 0 aliphatic heterocycles. The van der Waals surface area contributed by atoms with Crippen LogP contribution < -0.4 is 5.32 Å². The van der Waals surface area contributed by atoms with Gasteiger partial charge in [0.1, 0.15) is 12.3 Å². The van der Waals surface area contributed by atoms with Gasteiger partial charge in [0.15, 0.2) is 11.6 Å². The van der Waals surface area contributed by atoms with Gasteiger partial charge in [-0.1, -0.05) is 0 Å². The van der Waals surface area contributed by atoms with E-state index in [4.69, 9.17) is 4.74 Å². The lowest BCUT2D eigenvalue weighted by Gasteiger charge is -2.01. The highest BCUT2D eigenvalue weighted by molar-refractivity contribution is 5.95. The van der Waals surface area contributed by atoms with Gasteiger partial charge >= 0.3 is 0 Å². The Morgan fingerprint density at radius 3 is 3.07 bits per heavy atom. The first kappa shape index (κ1) is 10.7. The molecule has 1 aromatic rings. The number of carbonyl (C=O) groups is 1. The van der Waals surface area contributed by atoms with E-state index in [0.29, 0.717) is 18.1 Å². The highest BCUT2D eigenvalue weighted by Crippen LogP contribution is 1.97. The largest absolute Gasteiger partial charge is 0.377 e. The number of hydrogen-bond acceptors (Lipinski definition) is 5. The van der Waals surface area contributed by atoms with Crippen LogP contribution in [0.25, 0.3) is 0 Å². The number of methoxy groups -OCH3 is 1. The Hall–Kier alpha value is -1.33. The van der Waals surface area contributed by atoms with Crippen LogP contribution in [0.15, 0.2) is 12.3 Å². The van der Waals surface area contributed by atoms with Crippen LogP contribution in [0, 0.1) is 0 Å². The van der Waals surface area contributed by atoms with Crippen LogP contribution in [0.4, 0.5) is 0 Å². The van der Waals surface area contributed by atoms with Crippen molar-refractivity contribution < 1.29 is 9.53 Å². The van der Waals surface area contributed by atoms with E-state index in [0.717, 1.165) is 0 Å². The normalized spacial score (nSPS) is 10.1. The van der Waals surface area contributed by atoms with E-state index in [2.05, 4.69) is 15.3 Å². The number of likely N-dealkylation sites (N-methyl/N-ethyl adjacent to an activating group) is 1. The van der Waals surface area contributed by atoms with Crippen molar-refractivity contribution in [2.75, 3.05) is 20.7 Å². The van der Waals surface area contributed by atoms with Gasteiger partial charge in [0.05, 0.1) is 6.54 Å². The molecule has 14 heavy (non-hydrogen) atoms. The van der Waals surface area contributed by atoms with Crippen LogP contribution in [0.5, 0.6) is 0 Å². The van der Waals surface area contributed by atoms with E-state index < -0.39 is 0 Å². The van der Waals surface area contributed by atoms with Gasteiger partial charge in [0, 0.05) is 13.3 Å². The number of carbonyl (C=O) groups excluding carboxylic acids is 1. The number of hydrogen-bond donors (Lipinski definition) is 1. The van der Waals surface area contributed by atoms with E-state index in [1.807, 2.05) is 0 Å². The molecule has 1 N–H and O–H groups in total. The summed E-state index contributed by atoms with van der Waals surface area (Å²) in [7, 11) is 3.28. The lowest BCUT2D eigenvalue weighted by Crippen LogP contribution is -2.20. The van der Waals surface area contributed by atoms with Crippen molar-refractivity contribution in [3.05, 3.63) is 23.8 Å². The number of nitrogens with one attached hydrogen (secondary N) is 1. The predicted octanol–water partition coefficient (Wildman–Crippen LogP) is 0.0251. The molecule has 76 valence electrons. The molecule has 0 aliphatic rings. The third kappa shape index (κ3) is 2.86. The molecule has 5 nitrogen and oxygen atoms in total. The topological polar surface area (TPSA) is 64.1 Å². The summed E-state index contributed by atoms with van der Waals surface area (Å²) < 4.78 is 4.87. The highest BCUT2D eigenvalue weighted by atomic mass is 16.5. The van der Waals surface area contributed by atoms with Crippen molar-refractivity contribution in [1.29, 1.82) is 0 Å². The fourth-order valence-electron chi connectivity index (χ4n) is 1.00. The molecular formula is C9H13N3O2. The van der Waals surface area contributed by atoms with Gasteiger partial charge in [-0.2, -0.15) is 0 Å². The van der Waals surface area contributed by atoms with Crippen molar-refractivity contribution in [2.45, 2.75) is 6.61 Å². The Morgan fingerprint density at radius 1 is 1.64 bits per heavy atom. The van der Waals surface area contributed by atoms with Gasteiger partial charge < -0.3 is 10.1 Å². The number of Topliss-reactive ketones (excluding diaryl/α,β-unsaturated/α-hetero) is 1. The van der Waals surface area contributed by atoms with Gasteiger partial charge in [0.2, 0.25) is 0 Å². The van der Waals surface area contributed by atoms with E-state index >= 15 is 0 Å². The third-order valence-electron chi connectivity index (χ3n) is 1.60. The maximum Gasteiger partial charge on any atom is 0.195 e. The quantitative estimate of drug-likeness (QED) is 0.671. The minimum Gasteiger partial charge on any atom is -0.377 e. The third-order valence-corrected chi connectivity index (χ3v) is 1.60. The van der Waals surface area contributed by atoms with Crippen LogP contribution in [0.2, 0.25) is 0 Å². The SMILES string of the molecule is CNCC(=O)c1ccnc(COC)n1. The molecule has 0 saturated carbocycles. The highest BCUT2D eigenvalue weighted by Gasteiger charge is 2.06. The van der Waals surface area contributed by atoms with E-state index in [1.165, 1.54) is 0 Å². The van der Waals surface area contributed by atoms with Crippen LogP contribution in [0.3, 0.4) is 0 Å². The van der Waals surface area contributed by atoms with Crippen molar-refractivity contribution in [2.24, 2.45) is 0 Å². The van der Waals surface area contributed by atoms with Crippen LogP contribution >= 0.6 is 0 Å². The first-order valence-corrected chi connectivity index (χ1v) is 4.26. The first-order chi connectivity index (χ1) is 6.77. The zero-order valence-corrected chi connectivity index (χ0v) is 8.28. The molecule has 0 aliphatic carbocycles. The molecule has 1 rings (SSSR count). The van der Waals surface area contributed by atoms with Gasteiger partial charge in [-0.25, -0.2) is 9.97 Å². The second kappa shape index (κ2) is 5.41. The maximum absolute atomic E-state index is 11.4. The Bertz CT molecular complexity index is 315. The lowest BCUT2D eigenvalue weighted by molar-refractivity contribution is 0.0987. The molecule has 1 heterocycles. The Labute approximate surface area is 82.5 Å². The fourth-order valence-corrected chi connectivity index (χ4v) is 1.00. The summed E-state index contributed by atoms with van der Waals surface area (Å²) in [4.78, 5) is 19.4. The summed E-state index contributed by atoms with van der Waals surface area (Å²) in [5.74, 6) is 0.474. The summed E-state index contributed by atoms with van der Waals surface area (Å²) >= 11 is 0. The molecule has 0 saturated heterocycles. The molecule has 0 unspecified atom stereocenters. The average molecular weight is 195 g/mol. The average Bonchev–Trinajstić information content (AvgIpc) is 2.19. The molecule has 0 radical (unpaired) electrons. The van der Waals surface area contributed by atoms with E-state index in [9.17, 15) is 4.79 Å². The Kier molecular flexibility index (Phi) is 4.15. The smallest absolute Gasteiger partial charge is 0.195 e. The molecule has 0 aromatic carbocycles. The zero-order chi connectivity index (χ0) is 10.4. The second-order valence-corrected chi connectivity index (χ2v) is 2.74. The number of aromatic nitrogens is 2. The molecule has 1 aromatic heterocycles. The summed E-state index contributed by atoms with van der Waals surface area (Å²) in [6.45, 7) is 0.601. The van der Waals surface area contributed by atoms with Crippen LogP contribution in [-0.2, 0) is 11.3 Å². The zero-order valence-electron chi connectivity index (χ0n) is 8.28. The number of ketones is 1. The van der Waals surface area contributed by atoms with E-state index in [-0.39, 0.29) is 12.3 Å². The summed E-state index contributed by atoms with van der Waals surface area (Å²) in [5, 5.41) is 2.78. The van der Waals surface area contributed by atoms with Crippen molar-refractivity contribution >= 4 is 5.78 Å². The van der Waals surface area contributed by atoms with E-state index in [1.54, 1.807) is 26.4 Å².